The van der Waals surface area contributed by atoms with Gasteiger partial charge in [-0.05, 0) is 24.1 Å². The maximum atomic E-state index is 11.4. The zero-order valence-corrected chi connectivity index (χ0v) is 9.65. The zero-order valence-electron chi connectivity index (χ0n) is 9.65. The largest absolute Gasteiger partial charge is 0.469 e. The van der Waals surface area contributed by atoms with Crippen LogP contribution >= 0.6 is 0 Å². The number of hydrogen-bond acceptors (Lipinski definition) is 4. The molecule has 1 aromatic heterocycles. The first-order valence-electron chi connectivity index (χ1n) is 5.20. The first-order chi connectivity index (χ1) is 8.10. The molecule has 0 aliphatic rings. The van der Waals surface area contributed by atoms with Gasteiger partial charge in [-0.1, -0.05) is 12.1 Å². The van der Waals surface area contributed by atoms with Crippen LogP contribution in [0.25, 0.3) is 11.0 Å². The molecule has 0 atom stereocenters. The second-order valence-electron chi connectivity index (χ2n) is 3.84. The second-order valence-corrected chi connectivity index (χ2v) is 3.84. The Labute approximate surface area is 97.8 Å². The van der Waals surface area contributed by atoms with E-state index in [0.717, 1.165) is 10.9 Å². The smallest absolute Gasteiger partial charge is 0.336 e. The molecule has 17 heavy (non-hydrogen) atoms. The summed E-state index contributed by atoms with van der Waals surface area (Å²) in [5, 5.41) is 0.764. The van der Waals surface area contributed by atoms with E-state index in [1.807, 2.05) is 19.1 Å². The van der Waals surface area contributed by atoms with E-state index in [9.17, 15) is 9.59 Å². The van der Waals surface area contributed by atoms with Crippen molar-refractivity contribution in [3.05, 3.63) is 45.8 Å². The molecular formula is C13H12O4. The molecule has 2 aromatic rings. The molecule has 0 radical (unpaired) electrons. The Morgan fingerprint density at radius 1 is 1.35 bits per heavy atom. The van der Waals surface area contributed by atoms with E-state index in [4.69, 9.17) is 4.42 Å². The molecule has 2 rings (SSSR count). The molecule has 1 heterocycles. The van der Waals surface area contributed by atoms with E-state index in [2.05, 4.69) is 4.74 Å². The van der Waals surface area contributed by atoms with Gasteiger partial charge in [0.05, 0.1) is 13.5 Å². The Morgan fingerprint density at radius 3 is 2.82 bits per heavy atom. The molecule has 0 N–H and O–H groups in total. The number of ether oxygens (including phenoxy) is 1. The summed E-state index contributed by atoms with van der Waals surface area (Å²) in [4.78, 5) is 22.6. The summed E-state index contributed by atoms with van der Waals surface area (Å²) in [6.45, 7) is 1.91. The van der Waals surface area contributed by atoms with Gasteiger partial charge in [0, 0.05) is 11.5 Å². The Kier molecular flexibility index (Phi) is 2.95. The monoisotopic (exact) mass is 232 g/mol. The molecule has 0 saturated heterocycles. The van der Waals surface area contributed by atoms with Gasteiger partial charge in [0.1, 0.15) is 5.58 Å². The number of methoxy groups -OCH3 is 1. The third kappa shape index (κ3) is 2.36. The van der Waals surface area contributed by atoms with Crippen molar-refractivity contribution in [2.45, 2.75) is 13.3 Å². The van der Waals surface area contributed by atoms with Gasteiger partial charge in [0.2, 0.25) is 0 Å². The Bertz CT molecular complexity index is 625. The number of benzene rings is 1. The van der Waals surface area contributed by atoms with Crippen LogP contribution in [0, 0.1) is 6.92 Å². The zero-order chi connectivity index (χ0) is 12.4. The molecule has 88 valence electrons. The summed E-state index contributed by atoms with van der Waals surface area (Å²) < 4.78 is 9.69. The molecule has 0 bridgehead atoms. The number of rotatable bonds is 2. The quantitative estimate of drug-likeness (QED) is 0.585. The van der Waals surface area contributed by atoms with Gasteiger partial charge in [-0.3, -0.25) is 4.79 Å². The molecule has 0 saturated carbocycles. The minimum Gasteiger partial charge on any atom is -0.469 e. The highest BCUT2D eigenvalue weighted by Crippen LogP contribution is 2.19. The van der Waals surface area contributed by atoms with Gasteiger partial charge in [0.25, 0.3) is 0 Å². The van der Waals surface area contributed by atoms with Crippen LogP contribution in [0.2, 0.25) is 0 Å². The maximum Gasteiger partial charge on any atom is 0.336 e. The van der Waals surface area contributed by atoms with E-state index >= 15 is 0 Å². The summed E-state index contributed by atoms with van der Waals surface area (Å²) in [5.41, 5.74) is 1.66. The average molecular weight is 232 g/mol. The van der Waals surface area contributed by atoms with E-state index in [1.54, 1.807) is 6.07 Å². The summed E-state index contributed by atoms with van der Waals surface area (Å²) in [6, 6.07) is 6.85. The standard InChI is InChI=1S/C13H12O4/c1-8-3-4-10-9(6-12(14)16-2)7-13(15)17-11(10)5-8/h3-5,7H,6H2,1-2H3. The van der Waals surface area contributed by atoms with E-state index < -0.39 is 5.63 Å². The molecule has 0 aliphatic heterocycles. The minimum absolute atomic E-state index is 0.0711. The molecular weight excluding hydrogens is 220 g/mol. The van der Waals surface area contributed by atoms with Crippen LogP contribution in [0.3, 0.4) is 0 Å². The van der Waals surface area contributed by atoms with Crippen LogP contribution in [0.4, 0.5) is 0 Å². The number of carbonyl (C=O) groups excluding carboxylic acids is 1. The summed E-state index contributed by atoms with van der Waals surface area (Å²) in [6.07, 6.45) is 0.0711. The summed E-state index contributed by atoms with van der Waals surface area (Å²) >= 11 is 0. The molecule has 0 amide bonds. The maximum absolute atomic E-state index is 11.4. The predicted octanol–water partition coefficient (Wildman–Crippen LogP) is 1.82. The van der Waals surface area contributed by atoms with Crippen LogP contribution in [-0.4, -0.2) is 13.1 Å². The van der Waals surface area contributed by atoms with Gasteiger partial charge < -0.3 is 9.15 Å². The van der Waals surface area contributed by atoms with Crippen molar-refractivity contribution in [1.29, 1.82) is 0 Å². The van der Waals surface area contributed by atoms with Gasteiger partial charge >= 0.3 is 11.6 Å². The highest BCUT2D eigenvalue weighted by atomic mass is 16.5. The molecule has 0 unspecified atom stereocenters. The molecule has 0 fully saturated rings. The van der Waals surface area contributed by atoms with Crippen molar-refractivity contribution in [3.63, 3.8) is 0 Å². The Morgan fingerprint density at radius 2 is 2.12 bits per heavy atom. The van der Waals surface area contributed by atoms with Crippen molar-refractivity contribution >= 4 is 16.9 Å². The molecule has 1 aromatic carbocycles. The predicted molar refractivity (Wildman–Crippen MR) is 62.9 cm³/mol. The number of aryl methyl sites for hydroxylation is 1. The number of carbonyl (C=O) groups is 1. The van der Waals surface area contributed by atoms with Crippen LogP contribution in [0.1, 0.15) is 11.1 Å². The third-order valence-electron chi connectivity index (χ3n) is 2.55. The van der Waals surface area contributed by atoms with Crippen LogP contribution < -0.4 is 5.63 Å². The normalized spacial score (nSPS) is 10.5. The lowest BCUT2D eigenvalue weighted by Gasteiger charge is -2.04. The van der Waals surface area contributed by atoms with E-state index in [0.29, 0.717) is 11.1 Å². The molecule has 0 spiro atoms. The highest BCUT2D eigenvalue weighted by molar-refractivity contribution is 5.85. The SMILES string of the molecule is COC(=O)Cc1cc(=O)oc2cc(C)ccc12. The van der Waals surface area contributed by atoms with Gasteiger partial charge in [-0.15, -0.1) is 0 Å². The minimum atomic E-state index is -0.456. The van der Waals surface area contributed by atoms with Gasteiger partial charge in [-0.2, -0.15) is 0 Å². The lowest BCUT2D eigenvalue weighted by atomic mass is 10.1. The summed E-state index contributed by atoms with van der Waals surface area (Å²) in [5.74, 6) is -0.377. The first kappa shape index (κ1) is 11.4. The van der Waals surface area contributed by atoms with Crippen molar-refractivity contribution in [2.24, 2.45) is 0 Å². The van der Waals surface area contributed by atoms with Crippen molar-refractivity contribution < 1.29 is 13.9 Å². The highest BCUT2D eigenvalue weighted by Gasteiger charge is 2.10. The fraction of sp³-hybridized carbons (Fsp3) is 0.231. The fourth-order valence-electron chi connectivity index (χ4n) is 1.71. The topological polar surface area (TPSA) is 56.5 Å². The molecule has 0 aliphatic carbocycles. The molecule has 4 nitrogen and oxygen atoms in total. The van der Waals surface area contributed by atoms with Gasteiger partial charge in [0.15, 0.2) is 0 Å². The van der Waals surface area contributed by atoms with Crippen molar-refractivity contribution in [3.8, 4) is 0 Å². The second kappa shape index (κ2) is 4.41. The Hall–Kier alpha value is -2.10. The van der Waals surface area contributed by atoms with E-state index in [1.165, 1.54) is 13.2 Å². The van der Waals surface area contributed by atoms with E-state index in [-0.39, 0.29) is 12.4 Å². The number of esters is 1. The Balaban J connectivity index is 2.61. The van der Waals surface area contributed by atoms with Gasteiger partial charge in [-0.25, -0.2) is 4.79 Å². The summed E-state index contributed by atoms with van der Waals surface area (Å²) in [7, 11) is 1.32. The fourth-order valence-corrected chi connectivity index (χ4v) is 1.71. The van der Waals surface area contributed by atoms with Crippen LogP contribution in [0.5, 0.6) is 0 Å². The lowest BCUT2D eigenvalue weighted by molar-refractivity contribution is -0.139. The van der Waals surface area contributed by atoms with Crippen molar-refractivity contribution in [1.82, 2.24) is 0 Å². The number of fused-ring (bicyclic) bond motifs is 1. The lowest BCUT2D eigenvalue weighted by Crippen LogP contribution is -2.08. The first-order valence-corrected chi connectivity index (χ1v) is 5.20. The van der Waals surface area contributed by atoms with Crippen LogP contribution in [0.15, 0.2) is 33.5 Å². The van der Waals surface area contributed by atoms with Crippen molar-refractivity contribution in [2.75, 3.05) is 7.11 Å². The number of hydrogen-bond donors (Lipinski definition) is 0. The third-order valence-corrected chi connectivity index (χ3v) is 2.55. The van der Waals surface area contributed by atoms with Crippen LogP contribution in [-0.2, 0) is 16.0 Å². The molecule has 4 heteroatoms. The average Bonchev–Trinajstić information content (AvgIpc) is 2.27.